The highest BCUT2D eigenvalue weighted by atomic mass is 16.5. The first-order chi connectivity index (χ1) is 7.97. The van der Waals surface area contributed by atoms with Crippen molar-refractivity contribution in [3.63, 3.8) is 0 Å². The quantitative estimate of drug-likeness (QED) is 0.373. The number of ether oxygens (including phenoxy) is 1. The highest BCUT2D eigenvalue weighted by molar-refractivity contribution is 6.33. The number of likely N-dealkylation sites (tertiary alicyclic amines) is 1. The molecule has 94 valence electrons. The first kappa shape index (κ1) is 13.1. The molecule has 0 aromatic heterocycles. The second-order valence-corrected chi connectivity index (χ2v) is 3.58. The van der Waals surface area contributed by atoms with Crippen LogP contribution in [0, 0.1) is 0 Å². The van der Waals surface area contributed by atoms with E-state index in [0.29, 0.717) is 0 Å². The maximum absolute atomic E-state index is 11.6. The van der Waals surface area contributed by atoms with Gasteiger partial charge in [0.25, 0.3) is 5.91 Å². The Morgan fingerprint density at radius 1 is 1.47 bits per heavy atom. The molecule has 1 rings (SSSR count). The van der Waals surface area contributed by atoms with Crippen molar-refractivity contribution in [3.8, 4) is 0 Å². The van der Waals surface area contributed by atoms with Crippen LogP contribution in [0.4, 0.5) is 0 Å². The second kappa shape index (κ2) is 5.42. The van der Waals surface area contributed by atoms with Crippen molar-refractivity contribution in [1.82, 2.24) is 10.2 Å². The van der Waals surface area contributed by atoms with E-state index in [9.17, 15) is 19.2 Å². The number of hydrogen-bond donors (Lipinski definition) is 1. The van der Waals surface area contributed by atoms with Gasteiger partial charge in [-0.15, -0.1) is 0 Å². The van der Waals surface area contributed by atoms with Crippen LogP contribution in [0.25, 0.3) is 0 Å². The minimum Gasteiger partial charge on any atom is -0.459 e. The van der Waals surface area contributed by atoms with Crippen molar-refractivity contribution in [3.05, 3.63) is 0 Å². The number of rotatable bonds is 2. The van der Waals surface area contributed by atoms with Crippen molar-refractivity contribution in [2.45, 2.75) is 25.8 Å². The molecule has 0 saturated carbocycles. The van der Waals surface area contributed by atoms with Crippen LogP contribution in [0.5, 0.6) is 0 Å². The SMILES string of the molecule is CCOC(=O)C(=O)NC1CCC(=O)N(C)C1=O. The summed E-state index contributed by atoms with van der Waals surface area (Å²) in [6, 6.07) is -0.838. The van der Waals surface area contributed by atoms with E-state index in [0.717, 1.165) is 4.90 Å². The van der Waals surface area contributed by atoms with Crippen LogP contribution in [0.1, 0.15) is 19.8 Å². The van der Waals surface area contributed by atoms with Gasteiger partial charge in [-0.25, -0.2) is 4.79 Å². The third-order valence-electron chi connectivity index (χ3n) is 2.42. The zero-order valence-corrected chi connectivity index (χ0v) is 9.69. The molecule has 1 aliphatic heterocycles. The lowest BCUT2D eigenvalue weighted by Crippen LogP contribution is -2.54. The van der Waals surface area contributed by atoms with Crippen LogP contribution in [0.2, 0.25) is 0 Å². The van der Waals surface area contributed by atoms with Gasteiger partial charge in [-0.05, 0) is 13.3 Å². The molecule has 7 heteroatoms. The predicted octanol–water partition coefficient (Wildman–Crippen LogP) is -1.19. The van der Waals surface area contributed by atoms with Gasteiger partial charge < -0.3 is 10.1 Å². The summed E-state index contributed by atoms with van der Waals surface area (Å²) in [5, 5.41) is 2.25. The predicted molar refractivity (Wildman–Crippen MR) is 55.6 cm³/mol. The summed E-state index contributed by atoms with van der Waals surface area (Å²) in [6.45, 7) is 1.66. The topological polar surface area (TPSA) is 92.8 Å². The molecule has 0 aromatic rings. The Labute approximate surface area is 98.1 Å². The third kappa shape index (κ3) is 3.02. The molecule has 1 saturated heterocycles. The Morgan fingerprint density at radius 2 is 2.12 bits per heavy atom. The zero-order chi connectivity index (χ0) is 13.0. The van der Waals surface area contributed by atoms with Crippen molar-refractivity contribution < 1.29 is 23.9 Å². The van der Waals surface area contributed by atoms with E-state index >= 15 is 0 Å². The Morgan fingerprint density at radius 3 is 2.71 bits per heavy atom. The molecule has 0 radical (unpaired) electrons. The largest absolute Gasteiger partial charge is 0.459 e. The maximum Gasteiger partial charge on any atom is 0.396 e. The van der Waals surface area contributed by atoms with Gasteiger partial charge in [0.15, 0.2) is 0 Å². The van der Waals surface area contributed by atoms with Crippen molar-refractivity contribution in [2.75, 3.05) is 13.7 Å². The van der Waals surface area contributed by atoms with Crippen LogP contribution in [0.15, 0.2) is 0 Å². The lowest BCUT2D eigenvalue weighted by molar-refractivity contribution is -0.156. The Balaban J connectivity index is 2.58. The average Bonchev–Trinajstić information content (AvgIpc) is 2.30. The monoisotopic (exact) mass is 242 g/mol. The molecule has 17 heavy (non-hydrogen) atoms. The number of piperidine rings is 1. The average molecular weight is 242 g/mol. The van der Waals surface area contributed by atoms with E-state index in [4.69, 9.17) is 0 Å². The molecule has 1 heterocycles. The minimum atomic E-state index is -1.03. The van der Waals surface area contributed by atoms with E-state index in [1.807, 2.05) is 0 Å². The van der Waals surface area contributed by atoms with Gasteiger partial charge in [0, 0.05) is 13.5 Å². The number of likely N-dealkylation sites (N-methyl/N-ethyl adjacent to an activating group) is 1. The molecule has 1 aliphatic rings. The number of esters is 1. The summed E-state index contributed by atoms with van der Waals surface area (Å²) in [7, 11) is 1.34. The van der Waals surface area contributed by atoms with Crippen molar-refractivity contribution >= 4 is 23.7 Å². The molecule has 1 unspecified atom stereocenters. The van der Waals surface area contributed by atoms with Gasteiger partial charge in [0.2, 0.25) is 5.91 Å². The van der Waals surface area contributed by atoms with Gasteiger partial charge in [-0.3, -0.25) is 19.3 Å². The van der Waals surface area contributed by atoms with Crippen LogP contribution in [-0.4, -0.2) is 48.3 Å². The summed E-state index contributed by atoms with van der Waals surface area (Å²) in [6.07, 6.45) is 0.364. The van der Waals surface area contributed by atoms with Crippen LogP contribution < -0.4 is 5.32 Å². The van der Waals surface area contributed by atoms with E-state index in [-0.39, 0.29) is 25.4 Å². The number of carbonyl (C=O) groups excluding carboxylic acids is 4. The highest BCUT2D eigenvalue weighted by Gasteiger charge is 2.34. The lowest BCUT2D eigenvalue weighted by Gasteiger charge is -2.27. The molecule has 1 fully saturated rings. The molecule has 0 aliphatic carbocycles. The molecule has 1 N–H and O–H groups in total. The zero-order valence-electron chi connectivity index (χ0n) is 9.69. The normalized spacial score (nSPS) is 20.1. The fourth-order valence-electron chi connectivity index (χ4n) is 1.46. The molecule has 0 bridgehead atoms. The lowest BCUT2D eigenvalue weighted by atomic mass is 10.0. The highest BCUT2D eigenvalue weighted by Crippen LogP contribution is 2.11. The minimum absolute atomic E-state index is 0.0866. The summed E-state index contributed by atoms with van der Waals surface area (Å²) < 4.78 is 4.49. The number of carbonyl (C=O) groups is 4. The fraction of sp³-hybridized carbons (Fsp3) is 0.600. The first-order valence-corrected chi connectivity index (χ1v) is 5.25. The molecule has 1 atom stereocenters. The standard InChI is InChI=1S/C10H14N2O5/c1-3-17-10(16)8(14)11-6-4-5-7(13)12(2)9(6)15/h6H,3-5H2,1-2H3,(H,11,14). The first-order valence-electron chi connectivity index (χ1n) is 5.25. The van der Waals surface area contributed by atoms with Gasteiger partial charge in [-0.1, -0.05) is 0 Å². The van der Waals surface area contributed by atoms with Crippen molar-refractivity contribution in [2.24, 2.45) is 0 Å². The number of amides is 3. The molecule has 7 nitrogen and oxygen atoms in total. The second-order valence-electron chi connectivity index (χ2n) is 3.58. The van der Waals surface area contributed by atoms with Crippen LogP contribution in [-0.2, 0) is 23.9 Å². The molecule has 3 amide bonds. The van der Waals surface area contributed by atoms with E-state index in [1.54, 1.807) is 6.92 Å². The van der Waals surface area contributed by atoms with E-state index in [2.05, 4.69) is 10.1 Å². The van der Waals surface area contributed by atoms with Gasteiger partial charge in [0.1, 0.15) is 6.04 Å². The van der Waals surface area contributed by atoms with E-state index < -0.39 is 23.8 Å². The molecular weight excluding hydrogens is 228 g/mol. The summed E-state index contributed by atoms with van der Waals surface area (Å²) in [5.41, 5.74) is 0. The van der Waals surface area contributed by atoms with Gasteiger partial charge in [-0.2, -0.15) is 0 Å². The molecule has 0 spiro atoms. The van der Waals surface area contributed by atoms with Gasteiger partial charge in [0.05, 0.1) is 6.61 Å². The fourth-order valence-corrected chi connectivity index (χ4v) is 1.46. The van der Waals surface area contributed by atoms with Crippen molar-refractivity contribution in [1.29, 1.82) is 0 Å². The summed E-state index contributed by atoms with van der Waals surface area (Å²) >= 11 is 0. The smallest absolute Gasteiger partial charge is 0.396 e. The Bertz CT molecular complexity index is 366. The number of nitrogens with zero attached hydrogens (tertiary/aromatic N) is 1. The number of imide groups is 1. The molecule has 0 aromatic carbocycles. The summed E-state index contributed by atoms with van der Waals surface area (Å²) in [4.78, 5) is 46.0. The maximum atomic E-state index is 11.6. The van der Waals surface area contributed by atoms with Crippen LogP contribution in [0.3, 0.4) is 0 Å². The van der Waals surface area contributed by atoms with Crippen LogP contribution >= 0.6 is 0 Å². The Kier molecular flexibility index (Phi) is 4.19. The van der Waals surface area contributed by atoms with Gasteiger partial charge >= 0.3 is 11.9 Å². The summed E-state index contributed by atoms with van der Waals surface area (Å²) in [5.74, 6) is -2.80. The number of hydrogen-bond acceptors (Lipinski definition) is 5. The van der Waals surface area contributed by atoms with E-state index in [1.165, 1.54) is 7.05 Å². The third-order valence-corrected chi connectivity index (χ3v) is 2.42. The molecular formula is C10H14N2O5. The number of nitrogens with one attached hydrogen (secondary N) is 1. The Hall–Kier alpha value is -1.92.